The Morgan fingerprint density at radius 2 is 1.77 bits per heavy atom. The molecule has 0 spiro atoms. The molecule has 31 heavy (non-hydrogen) atoms. The Kier molecular flexibility index (Phi) is 6.46. The zero-order valence-electron chi connectivity index (χ0n) is 18.3. The van der Waals surface area contributed by atoms with Crippen LogP contribution in [0.4, 0.5) is 5.69 Å². The third-order valence-electron chi connectivity index (χ3n) is 6.29. The minimum atomic E-state index is -3.52. The molecule has 1 aliphatic heterocycles. The zero-order chi connectivity index (χ0) is 22.0. The van der Waals surface area contributed by atoms with Crippen molar-refractivity contribution >= 4 is 21.6 Å². The van der Waals surface area contributed by atoms with Crippen LogP contribution in [-0.2, 0) is 34.2 Å². The second-order valence-corrected chi connectivity index (χ2v) is 10.8. The molecule has 2 aliphatic rings. The SMILES string of the molecule is CN(C)Cc1ccccc1NC(=O)C1CCN(S(=O)(=O)c2ccc3c(c2)CCC3)CC1. The summed E-state index contributed by atoms with van der Waals surface area (Å²) in [5.41, 5.74) is 4.32. The second kappa shape index (κ2) is 9.10. The molecule has 0 bridgehead atoms. The number of hydrogen-bond donors (Lipinski definition) is 1. The number of carbonyl (C=O) groups is 1. The smallest absolute Gasteiger partial charge is 0.243 e. The average Bonchev–Trinajstić information content (AvgIpc) is 3.23. The number of fused-ring (bicyclic) bond motifs is 1. The summed E-state index contributed by atoms with van der Waals surface area (Å²) in [5.74, 6) is -0.209. The normalized spacial score (nSPS) is 17.6. The minimum Gasteiger partial charge on any atom is -0.326 e. The van der Waals surface area contributed by atoms with Crippen LogP contribution >= 0.6 is 0 Å². The first-order valence-electron chi connectivity index (χ1n) is 11.0. The maximum atomic E-state index is 13.1. The number of nitrogens with one attached hydrogen (secondary N) is 1. The van der Waals surface area contributed by atoms with Gasteiger partial charge in [-0.1, -0.05) is 24.3 Å². The number of benzene rings is 2. The number of rotatable bonds is 6. The lowest BCUT2D eigenvalue weighted by atomic mass is 9.97. The van der Waals surface area contributed by atoms with E-state index >= 15 is 0 Å². The van der Waals surface area contributed by atoms with Crippen molar-refractivity contribution in [1.82, 2.24) is 9.21 Å². The summed E-state index contributed by atoms with van der Waals surface area (Å²) in [6.07, 6.45) is 4.15. The summed E-state index contributed by atoms with van der Waals surface area (Å²) in [4.78, 5) is 15.3. The van der Waals surface area contributed by atoms with Gasteiger partial charge in [-0.2, -0.15) is 4.31 Å². The summed E-state index contributed by atoms with van der Waals surface area (Å²) in [6.45, 7) is 1.49. The quantitative estimate of drug-likeness (QED) is 0.747. The van der Waals surface area contributed by atoms with Crippen LogP contribution in [0.5, 0.6) is 0 Å². The molecule has 1 saturated heterocycles. The second-order valence-electron chi connectivity index (χ2n) is 8.85. The molecule has 4 rings (SSSR count). The van der Waals surface area contributed by atoms with Crippen LogP contribution in [0.3, 0.4) is 0 Å². The molecule has 0 atom stereocenters. The monoisotopic (exact) mass is 441 g/mol. The van der Waals surface area contributed by atoms with E-state index in [1.54, 1.807) is 6.07 Å². The van der Waals surface area contributed by atoms with Crippen molar-refractivity contribution in [2.45, 2.75) is 43.5 Å². The highest BCUT2D eigenvalue weighted by Crippen LogP contribution is 2.29. The highest BCUT2D eigenvalue weighted by Gasteiger charge is 2.32. The summed E-state index contributed by atoms with van der Waals surface area (Å²) in [6, 6.07) is 13.4. The van der Waals surface area contributed by atoms with Gasteiger partial charge in [0.05, 0.1) is 4.90 Å². The standard InChI is InChI=1S/C24H31N3O3S/c1-26(2)17-21-6-3-4-9-23(21)25-24(28)19-12-14-27(15-13-19)31(29,30)22-11-10-18-7-5-8-20(18)16-22/h3-4,6,9-11,16,19H,5,7-8,12-15,17H2,1-2H3,(H,25,28). The Morgan fingerprint density at radius 1 is 1.06 bits per heavy atom. The fraction of sp³-hybridized carbons (Fsp3) is 0.458. The van der Waals surface area contributed by atoms with Crippen molar-refractivity contribution in [2.75, 3.05) is 32.5 Å². The number of nitrogens with zero attached hydrogens (tertiary/aromatic N) is 2. The number of anilines is 1. The number of sulfonamides is 1. The zero-order valence-corrected chi connectivity index (χ0v) is 19.1. The molecule has 7 heteroatoms. The van der Waals surface area contributed by atoms with Crippen LogP contribution < -0.4 is 5.32 Å². The molecule has 1 heterocycles. The van der Waals surface area contributed by atoms with Crippen LogP contribution in [0.2, 0.25) is 0 Å². The highest BCUT2D eigenvalue weighted by atomic mass is 32.2. The molecule has 0 unspecified atom stereocenters. The Morgan fingerprint density at radius 3 is 2.52 bits per heavy atom. The number of amides is 1. The van der Waals surface area contributed by atoms with Gasteiger partial charge in [-0.05, 0) is 81.1 Å². The molecule has 1 amide bonds. The first kappa shape index (κ1) is 22.0. The van der Waals surface area contributed by atoms with Gasteiger partial charge < -0.3 is 10.2 Å². The van der Waals surface area contributed by atoms with E-state index in [0.29, 0.717) is 30.8 Å². The summed E-state index contributed by atoms with van der Waals surface area (Å²) in [5, 5.41) is 3.07. The lowest BCUT2D eigenvalue weighted by molar-refractivity contribution is -0.120. The average molecular weight is 442 g/mol. The molecule has 1 aliphatic carbocycles. The Balaban J connectivity index is 1.39. The van der Waals surface area contributed by atoms with Crippen LogP contribution in [0.15, 0.2) is 47.4 Å². The molecular weight excluding hydrogens is 410 g/mol. The van der Waals surface area contributed by atoms with E-state index in [1.807, 2.05) is 50.5 Å². The Hall–Kier alpha value is -2.22. The lowest BCUT2D eigenvalue weighted by Gasteiger charge is -2.31. The van der Waals surface area contributed by atoms with Crippen molar-refractivity contribution in [3.8, 4) is 0 Å². The van der Waals surface area contributed by atoms with E-state index in [9.17, 15) is 13.2 Å². The Bertz CT molecular complexity index is 1060. The molecule has 2 aromatic carbocycles. The van der Waals surface area contributed by atoms with Gasteiger partial charge in [-0.15, -0.1) is 0 Å². The first-order chi connectivity index (χ1) is 14.8. The van der Waals surface area contributed by atoms with E-state index in [0.717, 1.165) is 42.6 Å². The number of aryl methyl sites for hydroxylation is 2. The highest BCUT2D eigenvalue weighted by molar-refractivity contribution is 7.89. The van der Waals surface area contributed by atoms with Crippen molar-refractivity contribution in [3.63, 3.8) is 0 Å². The van der Waals surface area contributed by atoms with Crippen LogP contribution in [0.1, 0.15) is 36.0 Å². The molecule has 1 N–H and O–H groups in total. The fourth-order valence-electron chi connectivity index (χ4n) is 4.57. The predicted octanol–water partition coefficient (Wildman–Crippen LogP) is 3.28. The van der Waals surface area contributed by atoms with Gasteiger partial charge in [-0.25, -0.2) is 8.42 Å². The minimum absolute atomic E-state index is 0.0271. The number of hydrogen-bond acceptors (Lipinski definition) is 4. The van der Waals surface area contributed by atoms with Gasteiger partial charge in [0.25, 0.3) is 0 Å². The summed E-state index contributed by atoms with van der Waals surface area (Å²) in [7, 11) is 0.476. The topological polar surface area (TPSA) is 69.7 Å². The van der Waals surface area contributed by atoms with Gasteiger partial charge in [0.15, 0.2) is 0 Å². The number of para-hydroxylation sites is 1. The molecule has 166 valence electrons. The maximum absolute atomic E-state index is 13.1. The van der Waals surface area contributed by atoms with Gasteiger partial charge in [0.2, 0.25) is 15.9 Å². The largest absolute Gasteiger partial charge is 0.326 e. The van der Waals surface area contributed by atoms with Crippen LogP contribution in [0.25, 0.3) is 0 Å². The van der Waals surface area contributed by atoms with Crippen molar-refractivity contribution in [1.29, 1.82) is 0 Å². The van der Waals surface area contributed by atoms with E-state index in [-0.39, 0.29) is 11.8 Å². The maximum Gasteiger partial charge on any atom is 0.243 e. The summed E-state index contributed by atoms with van der Waals surface area (Å²) >= 11 is 0. The molecule has 0 saturated carbocycles. The third kappa shape index (κ3) is 4.84. The van der Waals surface area contributed by atoms with E-state index in [4.69, 9.17) is 0 Å². The van der Waals surface area contributed by atoms with Gasteiger partial charge in [-0.3, -0.25) is 4.79 Å². The van der Waals surface area contributed by atoms with Crippen molar-refractivity contribution in [2.24, 2.45) is 5.92 Å². The van der Waals surface area contributed by atoms with Crippen molar-refractivity contribution in [3.05, 3.63) is 59.2 Å². The number of carbonyl (C=O) groups excluding carboxylic acids is 1. The predicted molar refractivity (Wildman–Crippen MR) is 122 cm³/mol. The molecule has 0 radical (unpaired) electrons. The molecule has 1 fully saturated rings. The van der Waals surface area contributed by atoms with Crippen LogP contribution in [0, 0.1) is 5.92 Å². The first-order valence-corrected chi connectivity index (χ1v) is 12.4. The van der Waals surface area contributed by atoms with E-state index < -0.39 is 10.0 Å². The molecule has 6 nitrogen and oxygen atoms in total. The molecular formula is C24H31N3O3S. The van der Waals surface area contributed by atoms with E-state index in [1.165, 1.54) is 9.87 Å². The molecule has 0 aromatic heterocycles. The van der Waals surface area contributed by atoms with Crippen LogP contribution in [-0.4, -0.2) is 50.7 Å². The third-order valence-corrected chi connectivity index (χ3v) is 8.19. The lowest BCUT2D eigenvalue weighted by Crippen LogP contribution is -2.41. The van der Waals surface area contributed by atoms with Gasteiger partial charge in [0.1, 0.15) is 0 Å². The van der Waals surface area contributed by atoms with Gasteiger partial charge in [0, 0.05) is 31.2 Å². The Labute approximate surface area is 185 Å². The van der Waals surface area contributed by atoms with E-state index in [2.05, 4.69) is 10.2 Å². The fourth-order valence-corrected chi connectivity index (χ4v) is 6.09. The van der Waals surface area contributed by atoms with Gasteiger partial charge >= 0.3 is 0 Å². The number of piperidine rings is 1. The van der Waals surface area contributed by atoms with Crippen molar-refractivity contribution < 1.29 is 13.2 Å². The molecule has 2 aromatic rings. The summed E-state index contributed by atoms with van der Waals surface area (Å²) < 4.78 is 27.8.